The molecule has 2 rings (SSSR count). The first kappa shape index (κ1) is 18.6. The van der Waals surface area contributed by atoms with Crippen molar-refractivity contribution in [1.82, 2.24) is 5.32 Å². The highest BCUT2D eigenvalue weighted by Gasteiger charge is 2.24. The molecule has 2 N–H and O–H groups in total. The van der Waals surface area contributed by atoms with Crippen molar-refractivity contribution in [1.29, 1.82) is 0 Å². The summed E-state index contributed by atoms with van der Waals surface area (Å²) in [5, 5.41) is 11.9. The van der Waals surface area contributed by atoms with Crippen molar-refractivity contribution in [3.8, 4) is 5.75 Å². The SMILES string of the molecule is CCOc1ccccc1C(CC)NC(=O)c1c(C)coc1CC(=O)O. The molecule has 6 nitrogen and oxygen atoms in total. The molecule has 6 heteroatoms. The van der Waals surface area contributed by atoms with Crippen molar-refractivity contribution in [2.24, 2.45) is 0 Å². The fourth-order valence-electron chi connectivity index (χ4n) is 2.76. The van der Waals surface area contributed by atoms with Gasteiger partial charge < -0.3 is 19.6 Å². The minimum Gasteiger partial charge on any atom is -0.494 e. The van der Waals surface area contributed by atoms with Crippen molar-refractivity contribution in [3.63, 3.8) is 0 Å². The van der Waals surface area contributed by atoms with Gasteiger partial charge in [0.25, 0.3) is 5.91 Å². The first-order valence-electron chi connectivity index (χ1n) is 8.29. The Morgan fingerprint density at radius 1 is 1.28 bits per heavy atom. The molecule has 0 saturated carbocycles. The smallest absolute Gasteiger partial charge is 0.311 e. The summed E-state index contributed by atoms with van der Waals surface area (Å²) in [7, 11) is 0. The molecule has 1 unspecified atom stereocenters. The Labute approximate surface area is 146 Å². The second kappa shape index (κ2) is 8.37. The summed E-state index contributed by atoms with van der Waals surface area (Å²) in [5.41, 5.74) is 1.79. The number of carboxylic acid groups (broad SMARTS) is 1. The summed E-state index contributed by atoms with van der Waals surface area (Å²) in [6.45, 7) is 6.13. The molecule has 1 aromatic heterocycles. The molecule has 0 saturated heterocycles. The maximum Gasteiger partial charge on any atom is 0.311 e. The van der Waals surface area contributed by atoms with E-state index in [9.17, 15) is 9.59 Å². The molecule has 0 radical (unpaired) electrons. The van der Waals surface area contributed by atoms with Gasteiger partial charge in [0.1, 0.15) is 17.9 Å². The zero-order valence-electron chi connectivity index (χ0n) is 14.7. The van der Waals surface area contributed by atoms with Crippen LogP contribution in [0.2, 0.25) is 0 Å². The molecule has 0 aliphatic rings. The summed E-state index contributed by atoms with van der Waals surface area (Å²) < 4.78 is 10.9. The van der Waals surface area contributed by atoms with E-state index in [1.54, 1.807) is 6.92 Å². The highest BCUT2D eigenvalue weighted by molar-refractivity contribution is 5.97. The van der Waals surface area contributed by atoms with E-state index >= 15 is 0 Å². The number of carbonyl (C=O) groups excluding carboxylic acids is 1. The number of carboxylic acids is 1. The largest absolute Gasteiger partial charge is 0.494 e. The predicted molar refractivity (Wildman–Crippen MR) is 92.9 cm³/mol. The number of carbonyl (C=O) groups is 2. The van der Waals surface area contributed by atoms with Crippen LogP contribution in [0, 0.1) is 6.92 Å². The number of benzene rings is 1. The maximum atomic E-state index is 12.7. The Morgan fingerprint density at radius 2 is 2.00 bits per heavy atom. The van der Waals surface area contributed by atoms with Gasteiger partial charge in [-0.15, -0.1) is 0 Å². The standard InChI is InChI=1S/C19H23NO5/c1-4-14(13-8-6-7-9-15(13)24-5-2)20-19(23)18-12(3)11-25-16(18)10-17(21)22/h6-9,11,14H,4-5,10H2,1-3H3,(H,20,23)(H,21,22). The second-order valence-corrected chi connectivity index (χ2v) is 5.69. The number of para-hydroxylation sites is 1. The number of amides is 1. The molecule has 0 spiro atoms. The van der Waals surface area contributed by atoms with Gasteiger partial charge in [-0.3, -0.25) is 9.59 Å². The molecule has 1 aromatic carbocycles. The minimum absolute atomic E-state index is 0.162. The van der Waals surface area contributed by atoms with E-state index in [0.717, 1.165) is 11.3 Å². The average molecular weight is 345 g/mol. The van der Waals surface area contributed by atoms with Gasteiger partial charge in [-0.2, -0.15) is 0 Å². The lowest BCUT2D eigenvalue weighted by atomic mass is 10.0. The third kappa shape index (κ3) is 4.41. The first-order chi connectivity index (χ1) is 12.0. The predicted octanol–water partition coefficient (Wildman–Crippen LogP) is 3.49. The molecular formula is C19H23NO5. The maximum absolute atomic E-state index is 12.7. The van der Waals surface area contributed by atoms with Crippen LogP contribution in [0.5, 0.6) is 5.75 Å². The van der Waals surface area contributed by atoms with E-state index in [-0.39, 0.29) is 29.7 Å². The van der Waals surface area contributed by atoms with Gasteiger partial charge in [-0.25, -0.2) is 0 Å². The topological polar surface area (TPSA) is 88.8 Å². The van der Waals surface area contributed by atoms with Crippen LogP contribution in [0.15, 0.2) is 34.9 Å². The van der Waals surface area contributed by atoms with Crippen molar-refractivity contribution in [2.45, 2.75) is 39.7 Å². The molecule has 0 bridgehead atoms. The summed E-state index contributed by atoms with van der Waals surface area (Å²) in [6, 6.07) is 7.31. The Kier molecular flexibility index (Phi) is 6.22. The van der Waals surface area contributed by atoms with Crippen molar-refractivity contribution >= 4 is 11.9 Å². The van der Waals surface area contributed by atoms with Crippen LogP contribution < -0.4 is 10.1 Å². The molecule has 1 atom stereocenters. The molecule has 134 valence electrons. The Balaban J connectivity index is 2.27. The van der Waals surface area contributed by atoms with Crippen molar-refractivity contribution in [2.75, 3.05) is 6.61 Å². The molecule has 25 heavy (non-hydrogen) atoms. The fourth-order valence-corrected chi connectivity index (χ4v) is 2.76. The van der Waals surface area contributed by atoms with Crippen LogP contribution in [0.4, 0.5) is 0 Å². The Hall–Kier alpha value is -2.76. The number of ether oxygens (including phenoxy) is 1. The monoisotopic (exact) mass is 345 g/mol. The number of aryl methyl sites for hydroxylation is 1. The van der Waals surface area contributed by atoms with Gasteiger partial charge in [0.15, 0.2) is 0 Å². The molecular weight excluding hydrogens is 322 g/mol. The third-order valence-electron chi connectivity index (χ3n) is 3.90. The van der Waals surface area contributed by atoms with Crippen molar-refractivity contribution in [3.05, 3.63) is 53.0 Å². The van der Waals surface area contributed by atoms with E-state index in [4.69, 9.17) is 14.3 Å². The second-order valence-electron chi connectivity index (χ2n) is 5.69. The molecule has 2 aromatic rings. The van der Waals surface area contributed by atoms with E-state index in [1.165, 1.54) is 6.26 Å². The normalized spacial score (nSPS) is 11.8. The van der Waals surface area contributed by atoms with E-state index < -0.39 is 5.97 Å². The highest BCUT2D eigenvalue weighted by Crippen LogP contribution is 2.28. The summed E-state index contributed by atoms with van der Waals surface area (Å²) >= 11 is 0. The molecule has 1 heterocycles. The number of aliphatic carboxylic acids is 1. The zero-order valence-corrected chi connectivity index (χ0v) is 14.7. The number of furan rings is 1. The van der Waals surface area contributed by atoms with E-state index in [0.29, 0.717) is 18.6 Å². The highest BCUT2D eigenvalue weighted by atomic mass is 16.5. The van der Waals surface area contributed by atoms with Gasteiger partial charge in [0, 0.05) is 11.1 Å². The number of nitrogens with one attached hydrogen (secondary N) is 1. The molecule has 0 aliphatic heterocycles. The van der Waals surface area contributed by atoms with Gasteiger partial charge >= 0.3 is 5.97 Å². The van der Waals surface area contributed by atoms with Gasteiger partial charge in [0.05, 0.1) is 24.5 Å². The van der Waals surface area contributed by atoms with Crippen LogP contribution in [-0.2, 0) is 11.2 Å². The molecule has 0 fully saturated rings. The zero-order chi connectivity index (χ0) is 18.4. The lowest BCUT2D eigenvalue weighted by Gasteiger charge is -2.20. The summed E-state index contributed by atoms with van der Waals surface area (Å²) in [6.07, 6.45) is 1.74. The Morgan fingerprint density at radius 3 is 2.64 bits per heavy atom. The van der Waals surface area contributed by atoms with Gasteiger partial charge in [0.2, 0.25) is 0 Å². The van der Waals surface area contributed by atoms with Gasteiger partial charge in [-0.1, -0.05) is 25.1 Å². The third-order valence-corrected chi connectivity index (χ3v) is 3.90. The van der Waals surface area contributed by atoms with Crippen LogP contribution in [0.1, 0.15) is 53.6 Å². The van der Waals surface area contributed by atoms with Crippen LogP contribution in [0.3, 0.4) is 0 Å². The summed E-state index contributed by atoms with van der Waals surface area (Å²) in [4.78, 5) is 23.7. The van der Waals surface area contributed by atoms with Crippen LogP contribution >= 0.6 is 0 Å². The lowest BCUT2D eigenvalue weighted by molar-refractivity contribution is -0.136. The van der Waals surface area contributed by atoms with Crippen molar-refractivity contribution < 1.29 is 23.8 Å². The Bertz CT molecular complexity index is 750. The van der Waals surface area contributed by atoms with Gasteiger partial charge in [-0.05, 0) is 26.3 Å². The van der Waals surface area contributed by atoms with E-state index in [2.05, 4.69) is 5.32 Å². The van der Waals surface area contributed by atoms with Crippen LogP contribution in [-0.4, -0.2) is 23.6 Å². The van der Waals surface area contributed by atoms with E-state index in [1.807, 2.05) is 38.1 Å². The number of rotatable bonds is 8. The average Bonchev–Trinajstić information content (AvgIpc) is 2.93. The minimum atomic E-state index is -1.04. The molecule has 0 aliphatic carbocycles. The first-order valence-corrected chi connectivity index (χ1v) is 8.29. The van der Waals surface area contributed by atoms with Crippen LogP contribution in [0.25, 0.3) is 0 Å². The fraction of sp³-hybridized carbons (Fsp3) is 0.368. The summed E-state index contributed by atoms with van der Waals surface area (Å²) in [5.74, 6) is -0.500. The number of hydrogen-bond donors (Lipinski definition) is 2. The quantitative estimate of drug-likeness (QED) is 0.764. The number of hydrogen-bond acceptors (Lipinski definition) is 4. The molecule has 1 amide bonds. The lowest BCUT2D eigenvalue weighted by Crippen LogP contribution is -2.29.